The maximum Gasteiger partial charge on any atom is 0.0669 e. The van der Waals surface area contributed by atoms with E-state index in [1.54, 1.807) is 0 Å². The lowest BCUT2D eigenvalue weighted by Crippen LogP contribution is -2.35. The summed E-state index contributed by atoms with van der Waals surface area (Å²) in [6, 6.07) is 3.12. The number of likely N-dealkylation sites (N-methyl/N-ethyl adjacent to an activating group) is 1. The number of likely N-dealkylation sites (tertiary alicyclic amines) is 2. The largest absolute Gasteiger partial charge is 0.302 e. The summed E-state index contributed by atoms with van der Waals surface area (Å²) in [7, 11) is 0. The highest BCUT2D eigenvalue weighted by molar-refractivity contribution is 4.94. The summed E-state index contributed by atoms with van der Waals surface area (Å²) >= 11 is 0. The Bertz CT molecular complexity index is 233. The predicted octanol–water partition coefficient (Wildman–Crippen LogP) is 0.926. The summed E-state index contributed by atoms with van der Waals surface area (Å²) in [4.78, 5) is 5.02. The van der Waals surface area contributed by atoms with Crippen LogP contribution in [0.4, 0.5) is 0 Å². The molecule has 3 heteroatoms. The van der Waals surface area contributed by atoms with E-state index in [1.165, 1.54) is 26.1 Å². The maximum atomic E-state index is 8.84. The number of nitriles is 1. The first kappa shape index (κ1) is 9.95. The van der Waals surface area contributed by atoms with Crippen LogP contribution in [0.5, 0.6) is 0 Å². The molecule has 2 fully saturated rings. The van der Waals surface area contributed by atoms with Gasteiger partial charge in [0.15, 0.2) is 0 Å². The van der Waals surface area contributed by atoms with Crippen molar-refractivity contribution in [2.24, 2.45) is 5.92 Å². The Balaban J connectivity index is 1.84. The Morgan fingerprint density at radius 3 is 2.71 bits per heavy atom. The van der Waals surface area contributed by atoms with Crippen LogP contribution in [0.15, 0.2) is 0 Å². The van der Waals surface area contributed by atoms with E-state index in [-0.39, 0.29) is 0 Å². The Morgan fingerprint density at radius 2 is 2.14 bits per heavy atom. The molecule has 0 bridgehead atoms. The summed E-state index contributed by atoms with van der Waals surface area (Å²) < 4.78 is 0. The molecule has 0 aromatic rings. The van der Waals surface area contributed by atoms with Crippen molar-refractivity contribution in [2.45, 2.75) is 25.8 Å². The van der Waals surface area contributed by atoms with Crippen molar-refractivity contribution >= 4 is 0 Å². The lowest BCUT2D eigenvalue weighted by molar-refractivity contribution is 0.232. The zero-order valence-corrected chi connectivity index (χ0v) is 8.95. The van der Waals surface area contributed by atoms with Gasteiger partial charge in [-0.2, -0.15) is 5.26 Å². The second-order valence-electron chi connectivity index (χ2n) is 4.45. The molecule has 2 heterocycles. The smallest absolute Gasteiger partial charge is 0.0669 e. The van der Waals surface area contributed by atoms with Gasteiger partial charge in [-0.05, 0) is 32.5 Å². The normalized spacial score (nSPS) is 34.9. The van der Waals surface area contributed by atoms with Crippen molar-refractivity contribution in [3.05, 3.63) is 0 Å². The molecule has 2 aliphatic rings. The van der Waals surface area contributed by atoms with Gasteiger partial charge in [0.2, 0.25) is 0 Å². The van der Waals surface area contributed by atoms with Crippen LogP contribution in [0.25, 0.3) is 0 Å². The fraction of sp³-hybridized carbons (Fsp3) is 0.909. The molecule has 2 rings (SSSR count). The monoisotopic (exact) mass is 193 g/mol. The first-order valence-electron chi connectivity index (χ1n) is 5.69. The van der Waals surface area contributed by atoms with E-state index < -0.39 is 0 Å². The molecule has 14 heavy (non-hydrogen) atoms. The van der Waals surface area contributed by atoms with E-state index in [1.807, 2.05) is 0 Å². The molecule has 0 aromatic heterocycles. The van der Waals surface area contributed by atoms with Crippen molar-refractivity contribution in [2.75, 3.05) is 32.7 Å². The van der Waals surface area contributed by atoms with Gasteiger partial charge in [-0.1, -0.05) is 6.92 Å². The van der Waals surface area contributed by atoms with Gasteiger partial charge in [-0.3, -0.25) is 4.90 Å². The maximum absolute atomic E-state index is 8.84. The van der Waals surface area contributed by atoms with Gasteiger partial charge in [0.05, 0.1) is 12.0 Å². The van der Waals surface area contributed by atoms with Gasteiger partial charge < -0.3 is 4.90 Å². The quantitative estimate of drug-likeness (QED) is 0.653. The highest BCUT2D eigenvalue weighted by Crippen LogP contribution is 2.23. The van der Waals surface area contributed by atoms with Crippen LogP contribution in [0.3, 0.4) is 0 Å². The summed E-state index contributed by atoms with van der Waals surface area (Å²) in [5.74, 6) is 0.297. The molecule has 2 saturated heterocycles. The summed E-state index contributed by atoms with van der Waals surface area (Å²) in [5.41, 5.74) is 0. The summed E-state index contributed by atoms with van der Waals surface area (Å²) in [5, 5.41) is 8.84. The van der Waals surface area contributed by atoms with Gasteiger partial charge in [0.25, 0.3) is 0 Å². The van der Waals surface area contributed by atoms with Crippen LogP contribution >= 0.6 is 0 Å². The van der Waals surface area contributed by atoms with E-state index in [4.69, 9.17) is 5.26 Å². The molecule has 2 atom stereocenters. The number of rotatable bonds is 2. The molecule has 0 aromatic carbocycles. The molecule has 2 aliphatic heterocycles. The average Bonchev–Trinajstić information content (AvgIpc) is 2.86. The SMILES string of the molecule is CCN1CCC(N2CCC(C#N)C2)C1. The van der Waals surface area contributed by atoms with Crippen molar-refractivity contribution in [1.82, 2.24) is 9.80 Å². The number of hydrogen-bond donors (Lipinski definition) is 0. The van der Waals surface area contributed by atoms with Crippen LogP contribution in [0.1, 0.15) is 19.8 Å². The van der Waals surface area contributed by atoms with Gasteiger partial charge in [0.1, 0.15) is 0 Å². The van der Waals surface area contributed by atoms with E-state index in [9.17, 15) is 0 Å². The molecule has 0 aliphatic carbocycles. The lowest BCUT2D eigenvalue weighted by Gasteiger charge is -2.23. The topological polar surface area (TPSA) is 30.3 Å². The highest BCUT2D eigenvalue weighted by atomic mass is 15.3. The molecule has 0 spiro atoms. The van der Waals surface area contributed by atoms with E-state index in [0.29, 0.717) is 5.92 Å². The molecule has 0 radical (unpaired) electrons. The Labute approximate surface area is 86.3 Å². The summed E-state index contributed by atoms with van der Waals surface area (Å²) in [6.07, 6.45) is 2.38. The van der Waals surface area contributed by atoms with Crippen molar-refractivity contribution in [3.8, 4) is 6.07 Å². The standard InChI is InChI=1S/C11H19N3/c1-2-13-5-4-11(9-13)14-6-3-10(7-12)8-14/h10-11H,2-6,8-9H2,1H3. The third kappa shape index (κ3) is 1.92. The molecule has 0 amide bonds. The first-order chi connectivity index (χ1) is 6.83. The van der Waals surface area contributed by atoms with Crippen molar-refractivity contribution in [1.29, 1.82) is 5.26 Å². The number of nitrogens with zero attached hydrogens (tertiary/aromatic N) is 3. The van der Waals surface area contributed by atoms with Crippen molar-refractivity contribution in [3.63, 3.8) is 0 Å². The molecule has 2 unspecified atom stereocenters. The predicted molar refractivity (Wildman–Crippen MR) is 55.8 cm³/mol. The Kier molecular flexibility index (Phi) is 3.05. The van der Waals surface area contributed by atoms with E-state index in [2.05, 4.69) is 22.8 Å². The van der Waals surface area contributed by atoms with Gasteiger partial charge in [-0.25, -0.2) is 0 Å². The van der Waals surface area contributed by atoms with E-state index >= 15 is 0 Å². The van der Waals surface area contributed by atoms with Crippen LogP contribution < -0.4 is 0 Å². The lowest BCUT2D eigenvalue weighted by atomic mass is 10.1. The highest BCUT2D eigenvalue weighted by Gasteiger charge is 2.31. The molecule has 0 N–H and O–H groups in total. The Hall–Kier alpha value is -0.590. The Morgan fingerprint density at radius 1 is 1.29 bits per heavy atom. The third-order valence-electron chi connectivity index (χ3n) is 3.61. The first-order valence-corrected chi connectivity index (χ1v) is 5.69. The minimum atomic E-state index is 0.297. The third-order valence-corrected chi connectivity index (χ3v) is 3.61. The fourth-order valence-corrected chi connectivity index (χ4v) is 2.62. The second kappa shape index (κ2) is 4.29. The molecule has 3 nitrogen and oxygen atoms in total. The molecule has 0 saturated carbocycles. The van der Waals surface area contributed by atoms with Gasteiger partial charge in [0, 0.05) is 19.1 Å². The zero-order chi connectivity index (χ0) is 9.97. The van der Waals surface area contributed by atoms with Crippen molar-refractivity contribution < 1.29 is 0 Å². The van der Waals surface area contributed by atoms with Crippen LogP contribution in [0, 0.1) is 17.2 Å². The fourth-order valence-electron chi connectivity index (χ4n) is 2.62. The molecular weight excluding hydrogens is 174 g/mol. The van der Waals surface area contributed by atoms with E-state index in [0.717, 1.165) is 25.6 Å². The minimum absolute atomic E-state index is 0.297. The zero-order valence-electron chi connectivity index (χ0n) is 8.95. The van der Waals surface area contributed by atoms with Crippen LogP contribution in [0.2, 0.25) is 0 Å². The molecule has 78 valence electrons. The minimum Gasteiger partial charge on any atom is -0.302 e. The number of hydrogen-bond acceptors (Lipinski definition) is 3. The average molecular weight is 193 g/mol. The second-order valence-corrected chi connectivity index (χ2v) is 4.45. The van der Waals surface area contributed by atoms with Crippen LogP contribution in [-0.2, 0) is 0 Å². The van der Waals surface area contributed by atoms with Gasteiger partial charge >= 0.3 is 0 Å². The van der Waals surface area contributed by atoms with Gasteiger partial charge in [-0.15, -0.1) is 0 Å². The molecular formula is C11H19N3. The summed E-state index contributed by atoms with van der Waals surface area (Å²) in [6.45, 7) is 8.01. The van der Waals surface area contributed by atoms with Crippen LogP contribution in [-0.4, -0.2) is 48.6 Å².